The minimum absolute atomic E-state index is 0.0473. The van der Waals surface area contributed by atoms with E-state index in [0.717, 1.165) is 12.8 Å². The number of amides is 1. The van der Waals surface area contributed by atoms with Gasteiger partial charge in [-0.05, 0) is 38.0 Å². The lowest BCUT2D eigenvalue weighted by molar-refractivity contribution is -0.115. The summed E-state index contributed by atoms with van der Waals surface area (Å²) in [7, 11) is -3.51. The van der Waals surface area contributed by atoms with E-state index in [9.17, 15) is 13.2 Å². The van der Waals surface area contributed by atoms with E-state index in [-0.39, 0.29) is 16.8 Å². The van der Waals surface area contributed by atoms with E-state index in [4.69, 9.17) is 11.6 Å². The van der Waals surface area contributed by atoms with Crippen molar-refractivity contribution in [2.45, 2.75) is 36.1 Å². The molecule has 1 unspecified atom stereocenters. The number of nitrogens with one attached hydrogen (secondary N) is 2. The molecule has 0 heterocycles. The van der Waals surface area contributed by atoms with Gasteiger partial charge < -0.3 is 5.32 Å². The third kappa shape index (κ3) is 3.92. The zero-order valence-electron chi connectivity index (χ0n) is 10.4. The number of hydrogen-bond donors (Lipinski definition) is 2. The van der Waals surface area contributed by atoms with E-state index in [1.54, 1.807) is 19.1 Å². The molecule has 104 valence electrons. The smallest absolute Gasteiger partial charge is 0.242 e. The van der Waals surface area contributed by atoms with Crippen LogP contribution in [-0.2, 0) is 14.8 Å². The third-order valence-corrected chi connectivity index (χ3v) is 4.39. The van der Waals surface area contributed by atoms with E-state index in [1.165, 1.54) is 12.1 Å². The van der Waals surface area contributed by atoms with Crippen LogP contribution in [0.4, 0.5) is 5.69 Å². The molecule has 2 N–H and O–H groups in total. The van der Waals surface area contributed by atoms with Crippen LogP contribution < -0.4 is 10.0 Å². The van der Waals surface area contributed by atoms with Crippen molar-refractivity contribution in [3.8, 4) is 0 Å². The Balaban J connectivity index is 2.16. The molecule has 5 nitrogen and oxygen atoms in total. The van der Waals surface area contributed by atoms with E-state index in [0.29, 0.717) is 5.69 Å². The first-order valence-corrected chi connectivity index (χ1v) is 7.88. The second-order valence-corrected chi connectivity index (χ2v) is 6.90. The maximum absolute atomic E-state index is 12.0. The van der Waals surface area contributed by atoms with Gasteiger partial charge in [0.2, 0.25) is 15.9 Å². The second-order valence-electron chi connectivity index (χ2n) is 4.53. The summed E-state index contributed by atoms with van der Waals surface area (Å²) in [4.78, 5) is 11.6. The van der Waals surface area contributed by atoms with Gasteiger partial charge in [-0.25, -0.2) is 13.1 Å². The molecule has 0 radical (unpaired) electrons. The highest BCUT2D eigenvalue weighted by Crippen LogP contribution is 2.23. The SMILES string of the molecule is CC(Cl)C(=O)Nc1cccc(S(=O)(=O)NC2CC2)c1. The molecule has 2 rings (SSSR count). The predicted octanol–water partition coefficient (Wildman–Crippen LogP) is 1.69. The summed E-state index contributed by atoms with van der Waals surface area (Å²) in [6.07, 6.45) is 1.75. The molecule has 1 fully saturated rings. The zero-order chi connectivity index (χ0) is 14.0. The first-order valence-electron chi connectivity index (χ1n) is 5.96. The molecule has 0 spiro atoms. The Morgan fingerprint density at radius 2 is 2.11 bits per heavy atom. The van der Waals surface area contributed by atoms with Crippen LogP contribution in [0.15, 0.2) is 29.2 Å². The Labute approximate surface area is 117 Å². The van der Waals surface area contributed by atoms with Crippen LogP contribution in [0.1, 0.15) is 19.8 Å². The Kier molecular flexibility index (Phi) is 4.13. The normalized spacial score (nSPS) is 16.9. The van der Waals surface area contributed by atoms with Gasteiger partial charge in [-0.3, -0.25) is 4.79 Å². The van der Waals surface area contributed by atoms with Gasteiger partial charge in [-0.1, -0.05) is 6.07 Å². The molecule has 0 bridgehead atoms. The first-order chi connectivity index (χ1) is 8.88. The lowest BCUT2D eigenvalue weighted by Crippen LogP contribution is -2.26. The van der Waals surface area contributed by atoms with Gasteiger partial charge in [0.15, 0.2) is 0 Å². The van der Waals surface area contributed by atoms with Crippen LogP contribution in [0.25, 0.3) is 0 Å². The Hall–Kier alpha value is -1.11. The summed E-state index contributed by atoms with van der Waals surface area (Å²) in [5.41, 5.74) is 0.413. The summed E-state index contributed by atoms with van der Waals surface area (Å²) in [5, 5.41) is 1.88. The fourth-order valence-electron chi connectivity index (χ4n) is 1.47. The average Bonchev–Trinajstić information content (AvgIpc) is 3.12. The molecule has 0 saturated heterocycles. The van der Waals surface area contributed by atoms with E-state index in [1.807, 2.05) is 0 Å². The number of benzene rings is 1. The van der Waals surface area contributed by atoms with Crippen molar-refractivity contribution in [2.24, 2.45) is 0 Å². The molecule has 0 aromatic heterocycles. The summed E-state index contributed by atoms with van der Waals surface area (Å²) in [6.45, 7) is 1.55. The highest BCUT2D eigenvalue weighted by atomic mass is 35.5. The fourth-order valence-corrected chi connectivity index (χ4v) is 2.88. The largest absolute Gasteiger partial charge is 0.325 e. The highest BCUT2D eigenvalue weighted by molar-refractivity contribution is 7.89. The number of sulfonamides is 1. The first kappa shape index (κ1) is 14.3. The predicted molar refractivity (Wildman–Crippen MR) is 73.7 cm³/mol. The summed E-state index contributed by atoms with van der Waals surface area (Å²) in [6, 6.07) is 6.15. The molecule has 0 aliphatic heterocycles. The standard InChI is InChI=1S/C12H15ClN2O3S/c1-8(13)12(16)14-10-3-2-4-11(7-10)19(17,18)15-9-5-6-9/h2-4,7-9,15H,5-6H2,1H3,(H,14,16). The third-order valence-electron chi connectivity index (χ3n) is 2.67. The molecule has 1 amide bonds. The lowest BCUT2D eigenvalue weighted by Gasteiger charge is -2.09. The van der Waals surface area contributed by atoms with E-state index >= 15 is 0 Å². The van der Waals surface area contributed by atoms with E-state index in [2.05, 4.69) is 10.0 Å². The number of anilines is 1. The zero-order valence-corrected chi connectivity index (χ0v) is 12.0. The quantitative estimate of drug-likeness (QED) is 0.813. The van der Waals surface area contributed by atoms with Gasteiger partial charge in [0, 0.05) is 11.7 Å². The molecular weight excluding hydrogens is 288 g/mol. The van der Waals surface area contributed by atoms with Crippen molar-refractivity contribution in [2.75, 3.05) is 5.32 Å². The highest BCUT2D eigenvalue weighted by Gasteiger charge is 2.28. The second kappa shape index (κ2) is 5.48. The Bertz CT molecular complexity index is 582. The summed E-state index contributed by atoms with van der Waals surface area (Å²) in [5.74, 6) is -0.369. The van der Waals surface area contributed by atoms with Gasteiger partial charge >= 0.3 is 0 Å². The number of carbonyl (C=O) groups excluding carboxylic acids is 1. The maximum Gasteiger partial charge on any atom is 0.242 e. The van der Waals surface area contributed by atoms with Crippen LogP contribution in [0.2, 0.25) is 0 Å². The van der Waals surface area contributed by atoms with Crippen LogP contribution in [0, 0.1) is 0 Å². The molecule has 1 atom stereocenters. The fraction of sp³-hybridized carbons (Fsp3) is 0.417. The lowest BCUT2D eigenvalue weighted by atomic mass is 10.3. The molecule has 7 heteroatoms. The van der Waals surface area contributed by atoms with Crippen LogP contribution >= 0.6 is 11.6 Å². The van der Waals surface area contributed by atoms with Crippen LogP contribution in [0.3, 0.4) is 0 Å². The Morgan fingerprint density at radius 1 is 1.42 bits per heavy atom. The number of hydrogen-bond acceptors (Lipinski definition) is 3. The molecule has 1 aromatic rings. The van der Waals surface area contributed by atoms with Crippen molar-refractivity contribution in [1.29, 1.82) is 0 Å². The monoisotopic (exact) mass is 302 g/mol. The van der Waals surface area contributed by atoms with Gasteiger partial charge in [0.25, 0.3) is 0 Å². The van der Waals surface area contributed by atoms with Crippen molar-refractivity contribution < 1.29 is 13.2 Å². The molecule has 1 aliphatic rings. The van der Waals surface area contributed by atoms with Gasteiger partial charge in [0.1, 0.15) is 5.38 Å². The maximum atomic E-state index is 12.0. The van der Waals surface area contributed by atoms with Crippen LogP contribution in [-0.4, -0.2) is 25.7 Å². The van der Waals surface area contributed by atoms with E-state index < -0.39 is 15.4 Å². The minimum Gasteiger partial charge on any atom is -0.325 e. The van der Waals surface area contributed by atoms with Gasteiger partial charge in [0.05, 0.1) is 4.90 Å². The summed E-state index contributed by atoms with van der Waals surface area (Å²) < 4.78 is 26.6. The molecule has 19 heavy (non-hydrogen) atoms. The van der Waals surface area contributed by atoms with Gasteiger partial charge in [-0.2, -0.15) is 0 Å². The minimum atomic E-state index is -3.51. The average molecular weight is 303 g/mol. The van der Waals surface area contributed by atoms with Crippen molar-refractivity contribution in [3.63, 3.8) is 0 Å². The van der Waals surface area contributed by atoms with Crippen molar-refractivity contribution in [1.82, 2.24) is 4.72 Å². The molecular formula is C12H15ClN2O3S. The van der Waals surface area contributed by atoms with Crippen LogP contribution in [0.5, 0.6) is 0 Å². The number of carbonyl (C=O) groups is 1. The molecule has 1 aliphatic carbocycles. The summed E-state index contributed by atoms with van der Waals surface area (Å²) >= 11 is 5.64. The number of alkyl halides is 1. The van der Waals surface area contributed by atoms with Crippen molar-refractivity contribution >= 4 is 33.2 Å². The number of rotatable bonds is 5. The Morgan fingerprint density at radius 3 is 2.68 bits per heavy atom. The topological polar surface area (TPSA) is 75.3 Å². The van der Waals surface area contributed by atoms with Crippen molar-refractivity contribution in [3.05, 3.63) is 24.3 Å². The number of halogens is 1. The van der Waals surface area contributed by atoms with Gasteiger partial charge in [-0.15, -0.1) is 11.6 Å². The molecule has 1 aromatic carbocycles. The molecule has 1 saturated carbocycles.